The number of hydrogen-bond donors (Lipinski definition) is 3. The van der Waals surface area contributed by atoms with Crippen molar-refractivity contribution in [1.29, 1.82) is 0 Å². The lowest BCUT2D eigenvalue weighted by molar-refractivity contribution is -0.164. The van der Waals surface area contributed by atoms with Crippen molar-refractivity contribution in [2.75, 3.05) is 4.90 Å². The van der Waals surface area contributed by atoms with Gasteiger partial charge in [-0.3, -0.25) is 38.3 Å². The fraction of sp³-hybridized carbons (Fsp3) is 0.294. The van der Waals surface area contributed by atoms with Gasteiger partial charge in [0.05, 0.1) is 40.2 Å². The summed E-state index contributed by atoms with van der Waals surface area (Å²) < 4.78 is 1.35. The van der Waals surface area contributed by atoms with E-state index in [1.807, 2.05) is 13.8 Å². The molecule has 0 spiro atoms. The van der Waals surface area contributed by atoms with Gasteiger partial charge in [-0.1, -0.05) is 56.3 Å². The van der Waals surface area contributed by atoms with Crippen molar-refractivity contribution < 1.29 is 29.4 Å². The number of carboxylic acids is 1. The molecule has 4 heterocycles. The maximum Gasteiger partial charge on any atom is 0.303 e. The highest BCUT2D eigenvalue weighted by Crippen LogP contribution is 2.57. The minimum atomic E-state index is -2.38. The monoisotopic (exact) mass is 621 g/mol. The molecule has 3 N–H and O–H groups in total. The highest BCUT2D eigenvalue weighted by molar-refractivity contribution is 6.07. The van der Waals surface area contributed by atoms with Gasteiger partial charge in [0.2, 0.25) is 11.8 Å². The van der Waals surface area contributed by atoms with Gasteiger partial charge in [-0.25, -0.2) is 4.98 Å². The second-order valence-electron chi connectivity index (χ2n) is 12.3. The number of carboxylic acid groups (broad SMARTS) is 1. The molecule has 4 atom stereocenters. The van der Waals surface area contributed by atoms with Crippen molar-refractivity contribution in [1.82, 2.24) is 19.8 Å². The van der Waals surface area contributed by atoms with Gasteiger partial charge in [0.15, 0.2) is 0 Å². The normalized spacial score (nSPS) is 23.1. The fourth-order valence-electron chi connectivity index (χ4n) is 7.22. The first-order valence-corrected chi connectivity index (χ1v) is 15.1. The first-order valence-electron chi connectivity index (χ1n) is 15.1. The van der Waals surface area contributed by atoms with Crippen LogP contribution < -0.4 is 15.8 Å². The van der Waals surface area contributed by atoms with Gasteiger partial charge in [0.25, 0.3) is 17.4 Å². The number of rotatable bonds is 6. The zero-order valence-electron chi connectivity index (χ0n) is 25.1. The van der Waals surface area contributed by atoms with Crippen LogP contribution in [0.15, 0.2) is 77.6 Å². The summed E-state index contributed by atoms with van der Waals surface area (Å²) >= 11 is 0. The number of carbonyl (C=O) groups is 4. The number of nitrogens with zero attached hydrogens (tertiary/aromatic N) is 4. The third kappa shape index (κ3) is 4.17. The molecule has 0 saturated carbocycles. The highest BCUT2D eigenvalue weighted by atomic mass is 16.4. The number of carbonyl (C=O) groups excluding carboxylic acids is 3. The summed E-state index contributed by atoms with van der Waals surface area (Å²) in [5, 5.41) is 25.7. The van der Waals surface area contributed by atoms with Gasteiger partial charge in [-0.2, -0.15) is 0 Å². The van der Waals surface area contributed by atoms with E-state index in [1.165, 1.54) is 9.47 Å². The number of aromatic nitrogens is 2. The van der Waals surface area contributed by atoms with Crippen molar-refractivity contribution in [3.63, 3.8) is 0 Å². The summed E-state index contributed by atoms with van der Waals surface area (Å²) in [6.07, 6.45) is -0.766. The van der Waals surface area contributed by atoms with E-state index < -0.39 is 65.9 Å². The van der Waals surface area contributed by atoms with Crippen LogP contribution in [0, 0.1) is 5.92 Å². The maximum absolute atomic E-state index is 14.3. The van der Waals surface area contributed by atoms with E-state index in [1.54, 1.807) is 72.8 Å². The number of para-hydroxylation sites is 3. The number of fused-ring (bicyclic) bond motifs is 7. The first-order chi connectivity index (χ1) is 22.0. The largest absolute Gasteiger partial charge is 0.481 e. The smallest absolute Gasteiger partial charge is 0.303 e. The molecule has 1 saturated heterocycles. The Balaban J connectivity index is 1.51. The second-order valence-corrected chi connectivity index (χ2v) is 12.3. The molecule has 3 aliphatic heterocycles. The molecule has 0 bridgehead atoms. The summed E-state index contributed by atoms with van der Waals surface area (Å²) in [4.78, 5) is 75.0. The second kappa shape index (κ2) is 10.6. The lowest BCUT2D eigenvalue weighted by Crippen LogP contribution is -2.60. The van der Waals surface area contributed by atoms with Gasteiger partial charge in [-0.05, 0) is 48.2 Å². The molecule has 1 fully saturated rings. The Morgan fingerprint density at radius 1 is 0.935 bits per heavy atom. The first kappa shape index (κ1) is 29.4. The quantitative estimate of drug-likeness (QED) is 0.296. The molecule has 2 unspecified atom stereocenters. The molecule has 3 aliphatic rings. The van der Waals surface area contributed by atoms with E-state index in [2.05, 4.69) is 5.32 Å². The third-order valence-corrected chi connectivity index (χ3v) is 9.04. The number of hydrogen-bond acceptors (Lipinski definition) is 7. The molecule has 46 heavy (non-hydrogen) atoms. The van der Waals surface area contributed by atoms with Crippen molar-refractivity contribution in [3.05, 3.63) is 100 Å². The predicted molar refractivity (Wildman–Crippen MR) is 166 cm³/mol. The summed E-state index contributed by atoms with van der Waals surface area (Å²) in [6, 6.07) is 17.8. The van der Waals surface area contributed by atoms with Crippen LogP contribution in [0.5, 0.6) is 0 Å². The van der Waals surface area contributed by atoms with Crippen LogP contribution in [-0.2, 0) is 14.4 Å². The average Bonchev–Trinajstić information content (AvgIpc) is 3.36. The lowest BCUT2D eigenvalue weighted by Gasteiger charge is -2.42. The Morgan fingerprint density at radius 2 is 1.61 bits per heavy atom. The van der Waals surface area contributed by atoms with Crippen LogP contribution in [0.25, 0.3) is 16.6 Å². The molecule has 0 radical (unpaired) electrons. The van der Waals surface area contributed by atoms with E-state index in [4.69, 9.17) is 4.98 Å². The molecule has 12 heteroatoms. The molecular weight excluding hydrogens is 590 g/mol. The molecular formula is C34H31N5O7. The fourth-order valence-corrected chi connectivity index (χ4v) is 7.22. The van der Waals surface area contributed by atoms with Crippen molar-refractivity contribution in [3.8, 4) is 5.69 Å². The Kier molecular flexibility index (Phi) is 6.78. The van der Waals surface area contributed by atoms with E-state index in [0.717, 1.165) is 4.90 Å². The molecule has 234 valence electrons. The topological polar surface area (TPSA) is 162 Å². The van der Waals surface area contributed by atoms with Crippen LogP contribution in [0.3, 0.4) is 0 Å². The predicted octanol–water partition coefficient (Wildman–Crippen LogP) is 3.07. The number of nitrogens with one attached hydrogen (secondary N) is 1. The van der Waals surface area contributed by atoms with Crippen LogP contribution in [0.2, 0.25) is 0 Å². The Hall–Kier alpha value is -5.36. The van der Waals surface area contributed by atoms with Gasteiger partial charge < -0.3 is 15.5 Å². The van der Waals surface area contributed by atoms with E-state index in [9.17, 15) is 34.2 Å². The molecule has 0 aliphatic carbocycles. The number of benzene rings is 3. The minimum Gasteiger partial charge on any atom is -0.481 e. The molecule has 4 aromatic rings. The van der Waals surface area contributed by atoms with Gasteiger partial charge in [0, 0.05) is 6.42 Å². The standard InChI is InChI=1S/C34H31N5O7/c1-18(2)17-25-33(45)39-24-14-8-4-10-20(24)28(34(39,46)38(25)26(40)15-16-27(41)42)29-30-35-22-12-6-3-9-19(22)32(44)37(30)23-13-7-5-11-21(23)31(43)36-29/h3-14,18,25,28-29,46H,15-17H2,1-2H3,(H,36,43)(H,41,42)/t25?,28-,29+,34?/m1/s1. The van der Waals surface area contributed by atoms with Crippen LogP contribution in [0.4, 0.5) is 5.69 Å². The number of aliphatic carboxylic acids is 1. The summed E-state index contributed by atoms with van der Waals surface area (Å²) in [7, 11) is 0. The Labute approximate surface area is 262 Å². The SMILES string of the molecule is CC(C)CC1C(=O)N2c3ccccc3[C@H]([C@@H]3NC(=O)c4ccccc4-n4c3nc3ccccc3c4=O)C2(O)N1C(=O)CCC(=O)O. The van der Waals surface area contributed by atoms with E-state index in [0.29, 0.717) is 27.8 Å². The van der Waals surface area contributed by atoms with Gasteiger partial charge in [0.1, 0.15) is 17.9 Å². The maximum atomic E-state index is 14.3. The lowest BCUT2D eigenvalue weighted by atomic mass is 9.86. The zero-order chi connectivity index (χ0) is 32.5. The number of anilines is 1. The number of amides is 3. The minimum absolute atomic E-state index is 0.0690. The van der Waals surface area contributed by atoms with Gasteiger partial charge >= 0.3 is 5.97 Å². The van der Waals surface area contributed by atoms with Crippen LogP contribution in [-0.4, -0.2) is 60.2 Å². The van der Waals surface area contributed by atoms with Crippen LogP contribution in [0.1, 0.15) is 66.8 Å². The highest BCUT2D eigenvalue weighted by Gasteiger charge is 2.68. The van der Waals surface area contributed by atoms with Crippen molar-refractivity contribution in [2.24, 2.45) is 5.92 Å². The Morgan fingerprint density at radius 3 is 2.35 bits per heavy atom. The average molecular weight is 622 g/mol. The van der Waals surface area contributed by atoms with Gasteiger partial charge in [-0.15, -0.1) is 0 Å². The van der Waals surface area contributed by atoms with Crippen LogP contribution >= 0.6 is 0 Å². The number of aliphatic hydroxyl groups is 1. The molecule has 7 rings (SSSR count). The molecule has 3 amide bonds. The zero-order valence-corrected chi connectivity index (χ0v) is 25.1. The van der Waals surface area contributed by atoms with Crippen molar-refractivity contribution >= 4 is 40.3 Å². The molecule has 12 nitrogen and oxygen atoms in total. The summed E-state index contributed by atoms with van der Waals surface area (Å²) in [5.41, 5.74) is 1.22. The summed E-state index contributed by atoms with van der Waals surface area (Å²) in [6.45, 7) is 3.76. The van der Waals surface area contributed by atoms with E-state index in [-0.39, 0.29) is 23.7 Å². The van der Waals surface area contributed by atoms with E-state index >= 15 is 0 Å². The molecule has 3 aromatic carbocycles. The molecule has 1 aromatic heterocycles. The Bertz CT molecular complexity index is 2020. The summed E-state index contributed by atoms with van der Waals surface area (Å²) in [5.74, 6) is -6.56. The third-order valence-electron chi connectivity index (χ3n) is 9.04. The van der Waals surface area contributed by atoms with Crippen molar-refractivity contribution in [2.45, 2.75) is 57.0 Å².